The Morgan fingerprint density at radius 3 is 2.77 bits per heavy atom. The third kappa shape index (κ3) is 4.92. The van der Waals surface area contributed by atoms with E-state index in [1.807, 2.05) is 6.92 Å². The van der Waals surface area contributed by atoms with Gasteiger partial charge < -0.3 is 15.4 Å². The average molecular weight is 401 g/mol. The van der Waals surface area contributed by atoms with Gasteiger partial charge in [-0.1, -0.05) is 18.5 Å². The van der Waals surface area contributed by atoms with Crippen LogP contribution in [-0.4, -0.2) is 37.0 Å². The lowest BCUT2D eigenvalue weighted by Crippen LogP contribution is -2.46. The highest BCUT2D eigenvalue weighted by atomic mass is 35.5. The number of carbonyl (C=O) groups excluding carboxylic acids is 3. The SMILES string of the molecule is CCCNC(=O)[C@H](C)NC(=O)COC(=O)c1sc2cc(F)ccc2c1Cl. The zero-order valence-corrected chi connectivity index (χ0v) is 15.8. The maximum atomic E-state index is 13.3. The molecule has 2 aromatic rings. The number of esters is 1. The van der Waals surface area contributed by atoms with Gasteiger partial charge in [0.25, 0.3) is 5.91 Å². The first-order chi connectivity index (χ1) is 12.3. The van der Waals surface area contributed by atoms with Crippen LogP contribution in [0.4, 0.5) is 4.39 Å². The number of halogens is 2. The normalized spacial score (nSPS) is 11.8. The Morgan fingerprint density at radius 2 is 2.08 bits per heavy atom. The quantitative estimate of drug-likeness (QED) is 0.700. The van der Waals surface area contributed by atoms with E-state index in [0.717, 1.165) is 17.8 Å². The smallest absolute Gasteiger partial charge is 0.350 e. The van der Waals surface area contributed by atoms with E-state index in [4.69, 9.17) is 16.3 Å². The molecule has 26 heavy (non-hydrogen) atoms. The molecule has 0 aliphatic rings. The molecule has 0 radical (unpaired) electrons. The first-order valence-corrected chi connectivity index (χ1v) is 9.14. The number of fused-ring (bicyclic) bond motifs is 1. The monoisotopic (exact) mass is 400 g/mol. The van der Waals surface area contributed by atoms with Crippen molar-refractivity contribution in [3.63, 3.8) is 0 Å². The Bertz CT molecular complexity index is 840. The van der Waals surface area contributed by atoms with E-state index in [0.29, 0.717) is 16.6 Å². The molecular weight excluding hydrogens is 383 g/mol. The highest BCUT2D eigenvalue weighted by Crippen LogP contribution is 2.36. The number of rotatable bonds is 7. The second-order valence-electron chi connectivity index (χ2n) is 5.54. The molecule has 2 amide bonds. The number of nitrogens with one attached hydrogen (secondary N) is 2. The van der Waals surface area contributed by atoms with Gasteiger partial charge in [0, 0.05) is 16.6 Å². The molecule has 0 aliphatic carbocycles. The van der Waals surface area contributed by atoms with Crippen LogP contribution in [0.1, 0.15) is 29.9 Å². The summed E-state index contributed by atoms with van der Waals surface area (Å²) in [7, 11) is 0. The van der Waals surface area contributed by atoms with Crippen LogP contribution in [0.3, 0.4) is 0 Å². The van der Waals surface area contributed by atoms with Crippen molar-refractivity contribution < 1.29 is 23.5 Å². The van der Waals surface area contributed by atoms with E-state index in [1.54, 1.807) is 0 Å². The van der Waals surface area contributed by atoms with Crippen molar-refractivity contribution in [2.24, 2.45) is 0 Å². The minimum atomic E-state index is -0.783. The van der Waals surface area contributed by atoms with Gasteiger partial charge in [0.1, 0.15) is 16.7 Å². The maximum Gasteiger partial charge on any atom is 0.350 e. The number of carbonyl (C=O) groups is 3. The Balaban J connectivity index is 1.93. The van der Waals surface area contributed by atoms with E-state index in [2.05, 4.69) is 10.6 Å². The van der Waals surface area contributed by atoms with Crippen molar-refractivity contribution in [3.8, 4) is 0 Å². The molecule has 9 heteroatoms. The molecule has 0 saturated heterocycles. The number of thiophene rings is 1. The van der Waals surface area contributed by atoms with E-state index in [9.17, 15) is 18.8 Å². The molecule has 0 bridgehead atoms. The van der Waals surface area contributed by atoms with Gasteiger partial charge >= 0.3 is 5.97 Å². The molecule has 1 heterocycles. The van der Waals surface area contributed by atoms with Gasteiger partial charge in [0.15, 0.2) is 6.61 Å². The zero-order valence-electron chi connectivity index (χ0n) is 14.2. The summed E-state index contributed by atoms with van der Waals surface area (Å²) in [4.78, 5) is 35.7. The molecule has 0 unspecified atom stereocenters. The second kappa shape index (κ2) is 8.95. The minimum Gasteiger partial charge on any atom is -0.451 e. The van der Waals surface area contributed by atoms with Crippen molar-refractivity contribution >= 4 is 50.8 Å². The molecule has 0 aliphatic heterocycles. The fourth-order valence-electron chi connectivity index (χ4n) is 2.12. The van der Waals surface area contributed by atoms with Crippen LogP contribution in [0, 0.1) is 5.82 Å². The molecule has 1 aromatic heterocycles. The van der Waals surface area contributed by atoms with Crippen LogP contribution in [0.15, 0.2) is 18.2 Å². The molecule has 1 aromatic carbocycles. The lowest BCUT2D eigenvalue weighted by molar-refractivity contribution is -0.130. The third-order valence-corrected chi connectivity index (χ3v) is 5.07. The fraction of sp³-hybridized carbons (Fsp3) is 0.353. The van der Waals surface area contributed by atoms with Gasteiger partial charge in [0.05, 0.1) is 5.02 Å². The Morgan fingerprint density at radius 1 is 1.35 bits per heavy atom. The van der Waals surface area contributed by atoms with Gasteiger partial charge in [-0.2, -0.15) is 0 Å². The maximum absolute atomic E-state index is 13.3. The lowest BCUT2D eigenvalue weighted by Gasteiger charge is -2.13. The predicted octanol–water partition coefficient (Wildman–Crippen LogP) is 2.88. The lowest BCUT2D eigenvalue weighted by atomic mass is 10.2. The van der Waals surface area contributed by atoms with Crippen LogP contribution in [0.25, 0.3) is 10.1 Å². The summed E-state index contributed by atoms with van der Waals surface area (Å²) in [6.45, 7) is 3.40. The predicted molar refractivity (Wildman–Crippen MR) is 98.0 cm³/mol. The van der Waals surface area contributed by atoms with Crippen LogP contribution in [0.2, 0.25) is 5.02 Å². The van der Waals surface area contributed by atoms with Crippen molar-refractivity contribution in [2.45, 2.75) is 26.3 Å². The highest BCUT2D eigenvalue weighted by Gasteiger charge is 2.21. The molecule has 2 rings (SSSR count). The second-order valence-corrected chi connectivity index (χ2v) is 6.97. The number of hydrogen-bond donors (Lipinski definition) is 2. The molecule has 6 nitrogen and oxygen atoms in total. The molecule has 2 N–H and O–H groups in total. The Hall–Kier alpha value is -2.19. The number of hydrogen-bond acceptors (Lipinski definition) is 5. The Kier molecular flexibility index (Phi) is 6.93. The van der Waals surface area contributed by atoms with Crippen LogP contribution < -0.4 is 10.6 Å². The molecule has 0 spiro atoms. The van der Waals surface area contributed by atoms with Crippen LogP contribution >= 0.6 is 22.9 Å². The Labute approximate surface area is 158 Å². The number of benzene rings is 1. The standard InChI is InChI=1S/C17H18ClFN2O4S/c1-3-6-20-16(23)9(2)21-13(22)8-25-17(24)15-14(18)11-5-4-10(19)7-12(11)26-15/h4-5,7,9H,3,6,8H2,1-2H3,(H,20,23)(H,21,22)/t9-/m0/s1. The summed E-state index contributed by atoms with van der Waals surface area (Å²) in [6, 6.07) is 3.24. The van der Waals surface area contributed by atoms with Crippen molar-refractivity contribution in [1.29, 1.82) is 0 Å². The van der Waals surface area contributed by atoms with Crippen molar-refractivity contribution in [1.82, 2.24) is 10.6 Å². The van der Waals surface area contributed by atoms with Gasteiger partial charge in [-0.05, 0) is 31.5 Å². The summed E-state index contributed by atoms with van der Waals surface area (Å²) < 4.78 is 18.7. The van der Waals surface area contributed by atoms with Crippen LogP contribution in [0.5, 0.6) is 0 Å². The van der Waals surface area contributed by atoms with E-state index in [-0.39, 0.29) is 15.8 Å². The number of amides is 2. The zero-order chi connectivity index (χ0) is 19.3. The van der Waals surface area contributed by atoms with Crippen molar-refractivity contribution in [3.05, 3.63) is 33.9 Å². The summed E-state index contributed by atoms with van der Waals surface area (Å²) in [5.41, 5.74) is 0. The summed E-state index contributed by atoms with van der Waals surface area (Å²) in [5.74, 6) is -2.15. The third-order valence-electron chi connectivity index (χ3n) is 3.43. The van der Waals surface area contributed by atoms with E-state index < -0.39 is 30.3 Å². The fourth-order valence-corrected chi connectivity index (χ4v) is 3.54. The van der Waals surface area contributed by atoms with Gasteiger partial charge in [0.2, 0.25) is 5.91 Å². The molecule has 1 atom stereocenters. The summed E-state index contributed by atoms with van der Waals surface area (Å²) in [5, 5.41) is 5.78. The van der Waals surface area contributed by atoms with Gasteiger partial charge in [-0.3, -0.25) is 9.59 Å². The summed E-state index contributed by atoms with van der Waals surface area (Å²) >= 11 is 7.11. The van der Waals surface area contributed by atoms with Gasteiger partial charge in [-0.25, -0.2) is 9.18 Å². The first kappa shape index (κ1) is 20.1. The number of ether oxygens (including phenoxy) is 1. The topological polar surface area (TPSA) is 84.5 Å². The largest absolute Gasteiger partial charge is 0.451 e. The van der Waals surface area contributed by atoms with Crippen molar-refractivity contribution in [2.75, 3.05) is 13.2 Å². The minimum absolute atomic E-state index is 0.0915. The highest BCUT2D eigenvalue weighted by molar-refractivity contribution is 7.21. The molecule has 0 fully saturated rings. The molecule has 140 valence electrons. The van der Waals surface area contributed by atoms with E-state index in [1.165, 1.54) is 25.1 Å². The molecular formula is C17H18ClFN2O4S. The van der Waals surface area contributed by atoms with Gasteiger partial charge in [-0.15, -0.1) is 11.3 Å². The first-order valence-electron chi connectivity index (χ1n) is 7.95. The van der Waals surface area contributed by atoms with E-state index >= 15 is 0 Å². The van der Waals surface area contributed by atoms with Crippen LogP contribution in [-0.2, 0) is 14.3 Å². The average Bonchev–Trinajstić information content (AvgIpc) is 2.93. The molecule has 0 saturated carbocycles. The summed E-state index contributed by atoms with van der Waals surface area (Å²) in [6.07, 6.45) is 0.782.